The number of anilines is 2. The van der Waals surface area contributed by atoms with Crippen LogP contribution in [0.5, 0.6) is 5.75 Å². The van der Waals surface area contributed by atoms with E-state index >= 15 is 0 Å². The van der Waals surface area contributed by atoms with E-state index < -0.39 is 34.5 Å². The number of halogens is 2. The number of aromatic nitrogens is 4. The largest absolute Gasteiger partial charge is 0.504 e. The van der Waals surface area contributed by atoms with E-state index in [2.05, 4.69) is 38.9 Å². The van der Waals surface area contributed by atoms with Gasteiger partial charge < -0.3 is 30.2 Å². The van der Waals surface area contributed by atoms with E-state index in [9.17, 15) is 23.9 Å². The number of primary amides is 1. The van der Waals surface area contributed by atoms with Crippen molar-refractivity contribution in [3.8, 4) is 16.9 Å². The van der Waals surface area contributed by atoms with Crippen molar-refractivity contribution < 1.29 is 19.1 Å². The van der Waals surface area contributed by atoms with Crippen molar-refractivity contribution >= 4 is 46.0 Å². The van der Waals surface area contributed by atoms with Crippen molar-refractivity contribution in [3.05, 3.63) is 63.7 Å². The normalized spacial score (nSPS) is 17.9. The number of nitrogens with zero attached hydrogens (tertiary/aromatic N) is 6. The van der Waals surface area contributed by atoms with Crippen molar-refractivity contribution in [2.45, 2.75) is 45.3 Å². The number of nitrogens with two attached hydrogens (primary N) is 1. The van der Waals surface area contributed by atoms with Gasteiger partial charge >= 0.3 is 0 Å². The van der Waals surface area contributed by atoms with E-state index in [0.717, 1.165) is 31.6 Å². The third-order valence-electron chi connectivity index (χ3n) is 8.84. The maximum Gasteiger partial charge on any atom is 0.263 e. The molecule has 0 bridgehead atoms. The van der Waals surface area contributed by atoms with E-state index in [1.165, 1.54) is 53.8 Å². The standard InChI is InChI=1S/C31H34ClFN8O4/c1-16-12-39(17(2)18-4-5-18)6-7-41(16)25-10-24(22(32)11-35-25)37-26(42)14-40-13-21(27-30(40)36-15-38(3)31(27)45)19-8-20(29(34)44)28(43)23(33)9-19/h8-11,13,15-18,43H,4-7,12,14H2,1-3H3,(H2,34,44)(H,35,37,42)/t16-,17?/m0/s1. The Labute approximate surface area is 263 Å². The summed E-state index contributed by atoms with van der Waals surface area (Å²) in [4.78, 5) is 52.0. The minimum Gasteiger partial charge on any atom is -0.504 e. The zero-order valence-electron chi connectivity index (χ0n) is 25.1. The van der Waals surface area contributed by atoms with Gasteiger partial charge in [0, 0.05) is 56.6 Å². The first-order valence-corrected chi connectivity index (χ1v) is 15.1. The minimum absolute atomic E-state index is 0.0988. The molecular formula is C31H34ClFN8O4. The molecule has 236 valence electrons. The van der Waals surface area contributed by atoms with E-state index in [1.807, 2.05) is 0 Å². The second-order valence-electron chi connectivity index (χ2n) is 11.9. The highest BCUT2D eigenvalue weighted by molar-refractivity contribution is 6.33. The van der Waals surface area contributed by atoms with Gasteiger partial charge in [0.15, 0.2) is 11.6 Å². The van der Waals surface area contributed by atoms with Crippen molar-refractivity contribution in [3.63, 3.8) is 0 Å². The number of phenols is 1. The summed E-state index contributed by atoms with van der Waals surface area (Å²) in [5, 5.41) is 13.2. The molecular weight excluding hydrogens is 603 g/mol. The lowest BCUT2D eigenvalue weighted by molar-refractivity contribution is -0.116. The Hall–Kier alpha value is -4.49. The van der Waals surface area contributed by atoms with Crippen LogP contribution in [0.1, 0.15) is 37.0 Å². The number of carbonyl (C=O) groups excluding carboxylic acids is 2. The Kier molecular flexibility index (Phi) is 8.00. The van der Waals surface area contributed by atoms with Gasteiger partial charge in [-0.2, -0.15) is 0 Å². The van der Waals surface area contributed by atoms with Crippen molar-refractivity contribution in [2.75, 3.05) is 29.9 Å². The van der Waals surface area contributed by atoms with Crippen molar-refractivity contribution in [1.82, 2.24) is 24.0 Å². The van der Waals surface area contributed by atoms with Crippen molar-refractivity contribution in [2.24, 2.45) is 18.7 Å². The molecule has 0 spiro atoms. The molecule has 14 heteroatoms. The molecule has 1 unspecified atom stereocenters. The molecule has 4 aromatic rings. The number of pyridine rings is 1. The number of benzene rings is 1. The molecule has 3 aromatic heterocycles. The van der Waals surface area contributed by atoms with Gasteiger partial charge in [-0.15, -0.1) is 0 Å². The topological polar surface area (TPSA) is 152 Å². The van der Waals surface area contributed by atoms with Gasteiger partial charge in [0.1, 0.15) is 18.0 Å². The summed E-state index contributed by atoms with van der Waals surface area (Å²) in [6, 6.07) is 4.72. The van der Waals surface area contributed by atoms with Gasteiger partial charge in [-0.1, -0.05) is 11.6 Å². The molecule has 1 aromatic carbocycles. The fraction of sp³-hybridized carbons (Fsp3) is 0.387. The molecule has 1 saturated heterocycles. The van der Waals surface area contributed by atoms with Crippen LogP contribution in [0.25, 0.3) is 22.2 Å². The molecule has 4 heterocycles. The number of fused-ring (bicyclic) bond motifs is 1. The maximum atomic E-state index is 14.6. The molecule has 2 aliphatic rings. The first-order chi connectivity index (χ1) is 21.4. The summed E-state index contributed by atoms with van der Waals surface area (Å²) in [5.74, 6) is -1.97. The molecule has 2 atom stereocenters. The fourth-order valence-electron chi connectivity index (χ4n) is 6.14. The van der Waals surface area contributed by atoms with Gasteiger partial charge in [-0.05, 0) is 50.3 Å². The third-order valence-corrected chi connectivity index (χ3v) is 9.14. The van der Waals surface area contributed by atoms with Crippen LogP contribution in [-0.4, -0.2) is 72.6 Å². The summed E-state index contributed by atoms with van der Waals surface area (Å²) >= 11 is 6.45. The SMILES string of the molecule is CC(C1CC1)N1CCN(c2cc(NC(=O)Cn3cc(-c4cc(F)c(O)c(C(N)=O)c4)c4c(=O)n(C)cnc43)c(Cl)cn2)[C@@H](C)C1. The third kappa shape index (κ3) is 5.85. The summed E-state index contributed by atoms with van der Waals surface area (Å²) in [6.07, 6.45) is 6.90. The second kappa shape index (κ2) is 11.8. The molecule has 0 radical (unpaired) electrons. The van der Waals surface area contributed by atoms with E-state index in [1.54, 1.807) is 6.07 Å². The van der Waals surface area contributed by atoms with Gasteiger partial charge in [0.2, 0.25) is 5.91 Å². The highest BCUT2D eigenvalue weighted by Gasteiger charge is 2.35. The molecule has 2 amide bonds. The zero-order chi connectivity index (χ0) is 32.2. The predicted molar refractivity (Wildman–Crippen MR) is 169 cm³/mol. The van der Waals surface area contributed by atoms with Crippen LogP contribution in [0.3, 0.4) is 0 Å². The molecule has 4 N–H and O–H groups in total. The number of rotatable bonds is 8. The van der Waals surface area contributed by atoms with Crippen LogP contribution < -0.4 is 21.5 Å². The number of aryl methyl sites for hydroxylation is 1. The van der Waals surface area contributed by atoms with E-state index in [0.29, 0.717) is 17.5 Å². The lowest BCUT2D eigenvalue weighted by atomic mass is 10.0. The van der Waals surface area contributed by atoms with Gasteiger partial charge in [-0.25, -0.2) is 14.4 Å². The molecule has 1 aliphatic carbocycles. The smallest absolute Gasteiger partial charge is 0.263 e. The number of piperazine rings is 1. The summed E-state index contributed by atoms with van der Waals surface area (Å²) < 4.78 is 17.3. The van der Waals surface area contributed by atoms with Gasteiger partial charge in [-0.3, -0.25) is 19.3 Å². The van der Waals surface area contributed by atoms with Gasteiger partial charge in [0.05, 0.1) is 34.2 Å². The summed E-state index contributed by atoms with van der Waals surface area (Å²) in [6.45, 7) is 6.86. The summed E-state index contributed by atoms with van der Waals surface area (Å²) in [5.41, 5.74) is 5.31. The predicted octanol–water partition coefficient (Wildman–Crippen LogP) is 3.34. The monoisotopic (exact) mass is 636 g/mol. The van der Waals surface area contributed by atoms with Crippen LogP contribution in [0.4, 0.5) is 15.9 Å². The Morgan fingerprint density at radius 1 is 1.22 bits per heavy atom. The number of nitrogens with one attached hydrogen (secondary N) is 1. The Morgan fingerprint density at radius 2 is 1.98 bits per heavy atom. The molecule has 6 rings (SSSR count). The molecule has 45 heavy (non-hydrogen) atoms. The number of carbonyl (C=O) groups is 2. The highest BCUT2D eigenvalue weighted by atomic mass is 35.5. The average Bonchev–Trinajstić information content (AvgIpc) is 3.79. The zero-order valence-corrected chi connectivity index (χ0v) is 25.9. The number of aromatic hydroxyl groups is 1. The second-order valence-corrected chi connectivity index (χ2v) is 12.3. The van der Waals surface area contributed by atoms with E-state index in [4.69, 9.17) is 17.3 Å². The quantitative estimate of drug-likeness (QED) is 0.266. The Bertz CT molecular complexity index is 1890. The van der Waals surface area contributed by atoms with Crippen LogP contribution in [-0.2, 0) is 18.4 Å². The summed E-state index contributed by atoms with van der Waals surface area (Å²) in [7, 11) is 1.51. The highest BCUT2D eigenvalue weighted by Crippen LogP contribution is 2.37. The lowest BCUT2D eigenvalue weighted by Crippen LogP contribution is -2.55. The average molecular weight is 637 g/mol. The number of amides is 2. The molecule has 1 saturated carbocycles. The first-order valence-electron chi connectivity index (χ1n) is 14.8. The van der Waals surface area contributed by atoms with Crippen LogP contribution in [0.15, 0.2) is 41.7 Å². The Balaban J connectivity index is 1.26. The van der Waals surface area contributed by atoms with Gasteiger partial charge in [0.25, 0.3) is 11.5 Å². The molecule has 2 fully saturated rings. The fourth-order valence-corrected chi connectivity index (χ4v) is 6.30. The minimum atomic E-state index is -1.09. The molecule has 1 aliphatic heterocycles. The maximum absolute atomic E-state index is 14.6. The lowest BCUT2D eigenvalue weighted by Gasteiger charge is -2.43. The number of hydrogen-bond acceptors (Lipinski definition) is 8. The van der Waals surface area contributed by atoms with E-state index in [-0.39, 0.29) is 39.8 Å². The van der Waals surface area contributed by atoms with Crippen molar-refractivity contribution in [1.29, 1.82) is 0 Å². The molecule has 12 nitrogen and oxygen atoms in total. The number of hydrogen-bond donors (Lipinski definition) is 3. The van der Waals surface area contributed by atoms with Crippen LogP contribution in [0, 0.1) is 11.7 Å². The van der Waals surface area contributed by atoms with Crippen LogP contribution >= 0.6 is 11.6 Å². The first kappa shape index (κ1) is 30.5. The Morgan fingerprint density at radius 3 is 2.67 bits per heavy atom. The van der Waals surface area contributed by atoms with Crippen LogP contribution in [0.2, 0.25) is 5.02 Å².